The van der Waals surface area contributed by atoms with Crippen molar-refractivity contribution in [2.45, 2.75) is 34.3 Å². The molecule has 6 rings (SSSR count). The lowest BCUT2D eigenvalue weighted by molar-refractivity contribution is 0.0923. The molecule has 0 radical (unpaired) electrons. The van der Waals surface area contributed by atoms with Gasteiger partial charge in [0, 0.05) is 45.8 Å². The van der Waals surface area contributed by atoms with Crippen LogP contribution in [0.2, 0.25) is 0 Å². The highest BCUT2D eigenvalue weighted by Gasteiger charge is 2.17. The molecule has 0 bridgehead atoms. The Morgan fingerprint density at radius 2 is 1.59 bits per heavy atom. The molecule has 4 heterocycles. The van der Waals surface area contributed by atoms with Gasteiger partial charge in [0.05, 0.1) is 6.21 Å². The molecule has 9 heteroatoms. The zero-order chi connectivity index (χ0) is 28.5. The number of ether oxygens (including phenoxy) is 3. The van der Waals surface area contributed by atoms with E-state index in [0.717, 1.165) is 39.8 Å². The van der Waals surface area contributed by atoms with Gasteiger partial charge in [-0.25, -0.2) is 5.43 Å². The smallest absolute Gasteiger partial charge is 0.307 e. The Morgan fingerprint density at radius 1 is 0.854 bits per heavy atom. The third kappa shape index (κ3) is 5.21. The summed E-state index contributed by atoms with van der Waals surface area (Å²) in [6.07, 6.45) is 1.62. The van der Waals surface area contributed by atoms with Crippen LogP contribution in [0.5, 0.6) is 17.2 Å². The average Bonchev–Trinajstić information content (AvgIpc) is 3.75. The molecule has 2 aromatic carbocycles. The van der Waals surface area contributed by atoms with Crippen LogP contribution in [0, 0.1) is 27.7 Å². The highest BCUT2D eigenvalue weighted by molar-refractivity contribution is 5.92. The van der Waals surface area contributed by atoms with Crippen LogP contribution in [0.3, 0.4) is 0 Å². The Balaban J connectivity index is 1.05. The molecule has 0 spiro atoms. The summed E-state index contributed by atoms with van der Waals surface area (Å²) >= 11 is 0. The van der Waals surface area contributed by atoms with Crippen LogP contribution in [-0.4, -0.2) is 28.0 Å². The number of amides is 1. The van der Waals surface area contributed by atoms with Gasteiger partial charge in [-0.15, -0.1) is 0 Å². The number of carbonyl (C=O) groups is 1. The number of rotatable bonds is 8. The molecule has 0 fully saturated rings. The maximum absolute atomic E-state index is 12.6. The van der Waals surface area contributed by atoms with Gasteiger partial charge in [-0.05, 0) is 94.4 Å². The highest BCUT2D eigenvalue weighted by Crippen LogP contribution is 2.34. The number of furan rings is 1. The molecule has 9 nitrogen and oxygen atoms in total. The first-order valence-corrected chi connectivity index (χ1v) is 13.3. The molecule has 0 saturated carbocycles. The third-order valence-corrected chi connectivity index (χ3v) is 7.09. The number of hydrogen-bond acceptors (Lipinski definition) is 6. The quantitative estimate of drug-likeness (QED) is 0.184. The van der Waals surface area contributed by atoms with Crippen molar-refractivity contribution in [3.8, 4) is 28.6 Å². The van der Waals surface area contributed by atoms with E-state index < -0.39 is 5.91 Å². The van der Waals surface area contributed by atoms with Gasteiger partial charge in [-0.3, -0.25) is 4.79 Å². The lowest BCUT2D eigenvalue weighted by Crippen LogP contribution is -2.16. The van der Waals surface area contributed by atoms with Crippen molar-refractivity contribution >= 4 is 12.1 Å². The van der Waals surface area contributed by atoms with Crippen molar-refractivity contribution in [3.05, 3.63) is 113 Å². The van der Waals surface area contributed by atoms with E-state index in [9.17, 15) is 4.79 Å². The molecule has 0 atom stereocenters. The van der Waals surface area contributed by atoms with Gasteiger partial charge >= 0.3 is 5.91 Å². The third-order valence-electron chi connectivity index (χ3n) is 7.09. The summed E-state index contributed by atoms with van der Waals surface area (Å²) in [5.74, 6) is 2.41. The van der Waals surface area contributed by atoms with E-state index >= 15 is 0 Å². The van der Waals surface area contributed by atoms with E-state index in [2.05, 4.69) is 45.6 Å². The minimum Gasteiger partial charge on any atom is -0.486 e. The molecule has 3 aromatic heterocycles. The van der Waals surface area contributed by atoms with Crippen molar-refractivity contribution in [1.82, 2.24) is 14.6 Å². The SMILES string of the molecule is Cc1ccc(C)n1-c1ccc(OCc2ccc(C(=O)N/N=C/c3cc(C)n(-c4ccc5c(c4)OCO5)c3C)o2)cc1. The fourth-order valence-corrected chi connectivity index (χ4v) is 5.05. The molecular formula is C32H30N4O5. The molecule has 1 aliphatic heterocycles. The number of nitrogens with one attached hydrogen (secondary N) is 1. The normalized spacial score (nSPS) is 12.3. The Labute approximate surface area is 237 Å². The van der Waals surface area contributed by atoms with Crippen molar-refractivity contribution in [2.75, 3.05) is 6.79 Å². The first kappa shape index (κ1) is 26.1. The highest BCUT2D eigenvalue weighted by atomic mass is 16.7. The largest absolute Gasteiger partial charge is 0.486 e. The molecule has 0 unspecified atom stereocenters. The van der Waals surface area contributed by atoms with Gasteiger partial charge in [0.15, 0.2) is 17.3 Å². The van der Waals surface area contributed by atoms with Crippen LogP contribution < -0.4 is 19.6 Å². The standard InChI is InChI=1S/C32H30N4O5/c1-20-5-6-21(2)35(20)25-7-10-27(11-8-25)38-18-28-12-14-30(41-28)32(37)34-33-17-24-15-22(3)36(23(24)4)26-9-13-29-31(16-26)40-19-39-29/h5-17H,18-19H2,1-4H3,(H,34,37)/b33-17+. The number of fused-ring (bicyclic) bond motifs is 1. The number of aromatic nitrogens is 2. The number of carbonyl (C=O) groups excluding carboxylic acids is 1. The van der Waals surface area contributed by atoms with Crippen LogP contribution in [0.15, 0.2) is 82.3 Å². The van der Waals surface area contributed by atoms with Gasteiger partial charge in [0.1, 0.15) is 18.1 Å². The van der Waals surface area contributed by atoms with Crippen molar-refractivity contribution in [2.24, 2.45) is 5.10 Å². The van der Waals surface area contributed by atoms with Crippen LogP contribution in [-0.2, 0) is 6.61 Å². The van der Waals surface area contributed by atoms with Gasteiger partial charge in [-0.2, -0.15) is 5.10 Å². The molecule has 5 aromatic rings. The van der Waals surface area contributed by atoms with E-state index in [1.807, 2.05) is 62.4 Å². The fraction of sp³-hybridized carbons (Fsp3) is 0.188. The van der Waals surface area contributed by atoms with E-state index in [-0.39, 0.29) is 19.2 Å². The topological polar surface area (TPSA) is 92.2 Å². The Kier molecular flexibility index (Phi) is 6.84. The van der Waals surface area contributed by atoms with Crippen LogP contribution in [0.1, 0.15) is 44.7 Å². The second-order valence-corrected chi connectivity index (χ2v) is 9.90. The second-order valence-electron chi connectivity index (χ2n) is 9.90. The first-order chi connectivity index (χ1) is 19.9. The molecule has 41 heavy (non-hydrogen) atoms. The maximum Gasteiger partial charge on any atom is 0.307 e. The minimum absolute atomic E-state index is 0.153. The van der Waals surface area contributed by atoms with E-state index in [1.165, 1.54) is 11.4 Å². The fourth-order valence-electron chi connectivity index (χ4n) is 5.05. The second kappa shape index (κ2) is 10.8. The Morgan fingerprint density at radius 3 is 2.37 bits per heavy atom. The summed E-state index contributed by atoms with van der Waals surface area (Å²) in [4.78, 5) is 12.6. The summed E-state index contributed by atoms with van der Waals surface area (Å²) in [6.45, 7) is 8.59. The van der Waals surface area contributed by atoms with Crippen molar-refractivity contribution in [1.29, 1.82) is 0 Å². The average molecular weight is 551 g/mol. The molecule has 1 N–H and O–H groups in total. The molecule has 1 aliphatic rings. The lowest BCUT2D eigenvalue weighted by Gasteiger charge is -2.10. The number of benzene rings is 2. The maximum atomic E-state index is 12.6. The van der Waals surface area contributed by atoms with Gasteiger partial charge < -0.3 is 27.8 Å². The van der Waals surface area contributed by atoms with Gasteiger partial charge in [-0.1, -0.05) is 0 Å². The van der Waals surface area contributed by atoms with E-state index in [1.54, 1.807) is 18.3 Å². The molecule has 0 aliphatic carbocycles. The summed E-state index contributed by atoms with van der Waals surface area (Å²) < 4.78 is 26.8. The van der Waals surface area contributed by atoms with Crippen LogP contribution >= 0.6 is 0 Å². The number of hydrazone groups is 1. The number of hydrogen-bond donors (Lipinski definition) is 1. The molecule has 1 amide bonds. The van der Waals surface area contributed by atoms with Crippen LogP contribution in [0.4, 0.5) is 0 Å². The Bertz CT molecular complexity index is 1740. The predicted molar refractivity (Wildman–Crippen MR) is 155 cm³/mol. The van der Waals surface area contributed by atoms with E-state index in [4.69, 9.17) is 18.6 Å². The monoisotopic (exact) mass is 550 g/mol. The van der Waals surface area contributed by atoms with Gasteiger partial charge in [0.2, 0.25) is 6.79 Å². The van der Waals surface area contributed by atoms with E-state index in [0.29, 0.717) is 11.5 Å². The zero-order valence-corrected chi connectivity index (χ0v) is 23.3. The Hall–Kier alpha value is -5.18. The van der Waals surface area contributed by atoms with Crippen molar-refractivity contribution in [3.63, 3.8) is 0 Å². The minimum atomic E-state index is -0.445. The van der Waals surface area contributed by atoms with Gasteiger partial charge in [0.25, 0.3) is 0 Å². The van der Waals surface area contributed by atoms with Crippen molar-refractivity contribution < 1.29 is 23.4 Å². The first-order valence-electron chi connectivity index (χ1n) is 13.3. The summed E-state index contributed by atoms with van der Waals surface area (Å²) in [5, 5.41) is 4.15. The predicted octanol–water partition coefficient (Wildman–Crippen LogP) is 6.17. The lowest BCUT2D eigenvalue weighted by atomic mass is 10.2. The molecule has 0 saturated heterocycles. The summed E-state index contributed by atoms with van der Waals surface area (Å²) in [7, 11) is 0. The number of nitrogens with zero attached hydrogens (tertiary/aromatic N) is 3. The molecule has 208 valence electrons. The molecular weight excluding hydrogens is 520 g/mol. The number of aryl methyl sites for hydroxylation is 3. The van der Waals surface area contributed by atoms with Crippen LogP contribution in [0.25, 0.3) is 11.4 Å². The summed E-state index contributed by atoms with van der Waals surface area (Å²) in [5.41, 5.74) is 9.79. The zero-order valence-electron chi connectivity index (χ0n) is 23.3. The summed E-state index contributed by atoms with van der Waals surface area (Å²) in [6, 6.07) is 23.2.